The Labute approximate surface area is 124 Å². The van der Waals surface area contributed by atoms with Gasteiger partial charge in [-0.05, 0) is 60.7 Å². The van der Waals surface area contributed by atoms with Crippen molar-refractivity contribution in [3.05, 3.63) is 59.2 Å². The van der Waals surface area contributed by atoms with E-state index >= 15 is 0 Å². The Hall–Kier alpha value is -1.74. The molecule has 2 aromatic rings. The highest BCUT2D eigenvalue weighted by Crippen LogP contribution is 2.22. The molecule has 0 spiro atoms. The first-order valence-corrected chi connectivity index (χ1v) is 7.56. The van der Waals surface area contributed by atoms with Crippen LogP contribution in [0.1, 0.15) is 28.4 Å². The number of carbonyl (C=O) groups excluding carboxylic acids is 1. The lowest BCUT2D eigenvalue weighted by Gasteiger charge is -2.08. The van der Waals surface area contributed by atoms with Crippen molar-refractivity contribution in [2.24, 2.45) is 0 Å². The van der Waals surface area contributed by atoms with Crippen LogP contribution in [0.3, 0.4) is 0 Å². The van der Waals surface area contributed by atoms with Gasteiger partial charge in [0.15, 0.2) is 5.78 Å². The molecule has 0 N–H and O–H groups in total. The van der Waals surface area contributed by atoms with E-state index in [9.17, 15) is 4.79 Å². The summed E-state index contributed by atoms with van der Waals surface area (Å²) in [7, 11) is 1.63. The number of rotatable bonds is 5. The molecule has 0 bridgehead atoms. The van der Waals surface area contributed by atoms with E-state index in [1.807, 2.05) is 49.4 Å². The van der Waals surface area contributed by atoms with Crippen molar-refractivity contribution in [3.63, 3.8) is 0 Å². The normalized spacial score (nSPS) is 10.3. The number of methoxy groups -OCH3 is 1. The summed E-state index contributed by atoms with van der Waals surface area (Å²) in [5, 5.41) is 0. The van der Waals surface area contributed by atoms with Crippen molar-refractivity contribution in [1.29, 1.82) is 0 Å². The lowest BCUT2D eigenvalue weighted by molar-refractivity contribution is 0.103. The van der Waals surface area contributed by atoms with Gasteiger partial charge in [-0.1, -0.05) is 6.92 Å². The van der Waals surface area contributed by atoms with Gasteiger partial charge < -0.3 is 4.74 Å². The molecule has 0 radical (unpaired) electrons. The van der Waals surface area contributed by atoms with Crippen molar-refractivity contribution in [2.75, 3.05) is 12.9 Å². The third kappa shape index (κ3) is 3.23. The minimum Gasteiger partial charge on any atom is -0.497 e. The minimum atomic E-state index is 0.0539. The summed E-state index contributed by atoms with van der Waals surface area (Å²) in [4.78, 5) is 13.7. The first kappa shape index (κ1) is 14.7. The van der Waals surface area contributed by atoms with Crippen LogP contribution in [0.25, 0.3) is 0 Å². The predicted molar refractivity (Wildman–Crippen MR) is 84.0 cm³/mol. The van der Waals surface area contributed by atoms with E-state index in [0.29, 0.717) is 0 Å². The van der Waals surface area contributed by atoms with Gasteiger partial charge in [-0.2, -0.15) is 0 Å². The van der Waals surface area contributed by atoms with Crippen LogP contribution in [0.4, 0.5) is 0 Å². The molecule has 0 atom stereocenters. The Morgan fingerprint density at radius 2 is 1.85 bits per heavy atom. The molecule has 2 aromatic carbocycles. The molecule has 3 heteroatoms. The zero-order chi connectivity index (χ0) is 14.5. The van der Waals surface area contributed by atoms with Crippen LogP contribution in [0.15, 0.2) is 47.4 Å². The van der Waals surface area contributed by atoms with E-state index in [-0.39, 0.29) is 5.78 Å². The van der Waals surface area contributed by atoms with Crippen molar-refractivity contribution < 1.29 is 9.53 Å². The average molecular weight is 286 g/mol. The first-order chi connectivity index (χ1) is 9.65. The lowest BCUT2D eigenvalue weighted by atomic mass is 9.99. The highest BCUT2D eigenvalue weighted by atomic mass is 32.2. The number of carbonyl (C=O) groups is 1. The second-order valence-electron chi connectivity index (χ2n) is 4.47. The summed E-state index contributed by atoms with van der Waals surface area (Å²) in [6, 6.07) is 13.3. The summed E-state index contributed by atoms with van der Waals surface area (Å²) in [5.41, 5.74) is 2.38. The molecule has 0 saturated heterocycles. The van der Waals surface area contributed by atoms with E-state index in [4.69, 9.17) is 4.74 Å². The van der Waals surface area contributed by atoms with E-state index in [0.717, 1.165) is 28.2 Å². The van der Waals surface area contributed by atoms with Gasteiger partial charge in [0, 0.05) is 16.0 Å². The van der Waals surface area contributed by atoms with Crippen LogP contribution < -0.4 is 4.74 Å². The zero-order valence-electron chi connectivity index (χ0n) is 12.0. The monoisotopic (exact) mass is 286 g/mol. The molecule has 0 aromatic heterocycles. The van der Waals surface area contributed by atoms with Gasteiger partial charge in [0.2, 0.25) is 0 Å². The molecule has 2 rings (SSSR count). The summed E-state index contributed by atoms with van der Waals surface area (Å²) >= 11 is 1.77. The Kier molecular flexibility index (Phi) is 4.85. The molecular weight excluding hydrogens is 268 g/mol. The second-order valence-corrected chi connectivity index (χ2v) is 5.80. The Morgan fingerprint density at radius 3 is 2.40 bits per heavy atom. The number of benzene rings is 2. The van der Waals surface area contributed by atoms with Crippen molar-refractivity contribution in [1.82, 2.24) is 0 Å². The van der Waals surface area contributed by atoms with Gasteiger partial charge in [-0.15, -0.1) is 11.8 Å². The fourth-order valence-corrected chi connectivity index (χ4v) is 2.70. The number of ether oxygens (including phenoxy) is 1. The number of hydrogen-bond donors (Lipinski definition) is 0. The van der Waals surface area contributed by atoms with Gasteiger partial charge in [0.25, 0.3) is 0 Å². The van der Waals surface area contributed by atoms with Crippen LogP contribution >= 0.6 is 11.8 Å². The van der Waals surface area contributed by atoms with Crippen LogP contribution in [-0.2, 0) is 0 Å². The summed E-state index contributed by atoms with van der Waals surface area (Å²) in [6.45, 7) is 4.04. The maximum Gasteiger partial charge on any atom is 0.193 e. The fraction of sp³-hybridized carbons (Fsp3) is 0.235. The molecule has 20 heavy (non-hydrogen) atoms. The third-order valence-electron chi connectivity index (χ3n) is 3.11. The van der Waals surface area contributed by atoms with Gasteiger partial charge in [-0.25, -0.2) is 0 Å². The van der Waals surface area contributed by atoms with Crippen molar-refractivity contribution in [3.8, 4) is 5.75 Å². The number of ketones is 1. The SMILES string of the molecule is CCSc1ccc(C(=O)c2ccc(OC)cc2C)cc1. The minimum absolute atomic E-state index is 0.0539. The van der Waals surface area contributed by atoms with Gasteiger partial charge in [0.05, 0.1) is 7.11 Å². The molecule has 0 amide bonds. The van der Waals surface area contributed by atoms with E-state index < -0.39 is 0 Å². The molecular formula is C17H18O2S. The van der Waals surface area contributed by atoms with Crippen LogP contribution in [0.5, 0.6) is 5.75 Å². The number of aryl methyl sites for hydroxylation is 1. The topological polar surface area (TPSA) is 26.3 Å². The first-order valence-electron chi connectivity index (χ1n) is 6.58. The molecule has 2 nitrogen and oxygen atoms in total. The smallest absolute Gasteiger partial charge is 0.193 e. The number of thioether (sulfide) groups is 1. The second kappa shape index (κ2) is 6.62. The molecule has 0 aliphatic carbocycles. The Bertz CT molecular complexity index is 603. The fourth-order valence-electron chi connectivity index (χ4n) is 2.04. The van der Waals surface area contributed by atoms with Gasteiger partial charge in [0.1, 0.15) is 5.75 Å². The largest absolute Gasteiger partial charge is 0.497 e. The summed E-state index contributed by atoms with van der Waals surface area (Å²) in [5.74, 6) is 1.86. The molecule has 0 saturated carbocycles. The highest BCUT2D eigenvalue weighted by molar-refractivity contribution is 7.99. The maximum absolute atomic E-state index is 12.5. The van der Waals surface area contributed by atoms with E-state index in [1.54, 1.807) is 18.9 Å². The van der Waals surface area contributed by atoms with Crippen LogP contribution in [0.2, 0.25) is 0 Å². The number of hydrogen-bond acceptors (Lipinski definition) is 3. The lowest BCUT2D eigenvalue weighted by Crippen LogP contribution is -2.03. The molecule has 0 aliphatic rings. The molecule has 0 heterocycles. The van der Waals surface area contributed by atoms with E-state index in [2.05, 4.69) is 6.92 Å². The van der Waals surface area contributed by atoms with Crippen molar-refractivity contribution >= 4 is 17.5 Å². The summed E-state index contributed by atoms with van der Waals surface area (Å²) < 4.78 is 5.16. The molecule has 0 unspecified atom stereocenters. The summed E-state index contributed by atoms with van der Waals surface area (Å²) in [6.07, 6.45) is 0. The quantitative estimate of drug-likeness (QED) is 0.604. The highest BCUT2D eigenvalue weighted by Gasteiger charge is 2.12. The Morgan fingerprint density at radius 1 is 1.15 bits per heavy atom. The maximum atomic E-state index is 12.5. The van der Waals surface area contributed by atoms with Crippen molar-refractivity contribution in [2.45, 2.75) is 18.7 Å². The Balaban J connectivity index is 2.26. The molecule has 0 fully saturated rings. The van der Waals surface area contributed by atoms with Gasteiger partial charge >= 0.3 is 0 Å². The van der Waals surface area contributed by atoms with Crippen LogP contribution in [-0.4, -0.2) is 18.6 Å². The zero-order valence-corrected chi connectivity index (χ0v) is 12.8. The average Bonchev–Trinajstić information content (AvgIpc) is 2.47. The van der Waals surface area contributed by atoms with Gasteiger partial charge in [-0.3, -0.25) is 4.79 Å². The third-order valence-corrected chi connectivity index (χ3v) is 4.00. The van der Waals surface area contributed by atoms with Crippen LogP contribution in [0, 0.1) is 6.92 Å². The predicted octanol–water partition coefficient (Wildman–Crippen LogP) is 4.35. The van der Waals surface area contributed by atoms with E-state index in [1.165, 1.54) is 4.90 Å². The standard InChI is InChI=1S/C17H18O2S/c1-4-20-15-8-5-13(6-9-15)17(18)16-10-7-14(19-3)11-12(16)2/h5-11H,4H2,1-3H3. The molecule has 0 aliphatic heterocycles. The molecule has 104 valence electrons.